The van der Waals surface area contributed by atoms with Crippen LogP contribution < -0.4 is 5.32 Å². The molecule has 1 aliphatic heterocycles. The Morgan fingerprint density at radius 2 is 2.06 bits per heavy atom. The Balaban J connectivity index is 1.30. The molecule has 0 saturated carbocycles. The molecule has 36 heavy (non-hydrogen) atoms. The zero-order chi connectivity index (χ0) is 25.2. The van der Waals surface area contributed by atoms with Gasteiger partial charge in [0.05, 0.1) is 17.6 Å². The van der Waals surface area contributed by atoms with Crippen LogP contribution in [0.2, 0.25) is 0 Å². The SMILES string of the molecule is CCc1nc2c(C)cc(C)nc2n1Cc1ccc2nc(/C=C/C(=O)NCC3CCCN3CC)[nH]c2c1. The Kier molecular flexibility index (Phi) is 6.87. The van der Waals surface area contributed by atoms with Gasteiger partial charge in [0.15, 0.2) is 5.65 Å². The second-order valence-electron chi connectivity index (χ2n) is 9.70. The molecular weight excluding hydrogens is 450 g/mol. The fourth-order valence-electron chi connectivity index (χ4n) is 5.30. The van der Waals surface area contributed by atoms with E-state index in [1.165, 1.54) is 6.42 Å². The number of amides is 1. The number of H-pyrrole nitrogens is 1. The van der Waals surface area contributed by atoms with Gasteiger partial charge < -0.3 is 14.9 Å². The Bertz CT molecular complexity index is 1430. The van der Waals surface area contributed by atoms with E-state index >= 15 is 0 Å². The average Bonchev–Trinajstić information content (AvgIpc) is 3.58. The van der Waals surface area contributed by atoms with Gasteiger partial charge in [-0.3, -0.25) is 9.69 Å². The van der Waals surface area contributed by atoms with E-state index in [-0.39, 0.29) is 5.91 Å². The zero-order valence-corrected chi connectivity index (χ0v) is 21.6. The van der Waals surface area contributed by atoms with Gasteiger partial charge in [-0.1, -0.05) is 19.9 Å². The van der Waals surface area contributed by atoms with E-state index in [1.807, 2.05) is 13.0 Å². The van der Waals surface area contributed by atoms with Gasteiger partial charge in [0.25, 0.3) is 0 Å². The summed E-state index contributed by atoms with van der Waals surface area (Å²) >= 11 is 0. The molecule has 1 amide bonds. The molecule has 3 aromatic heterocycles. The molecule has 0 bridgehead atoms. The summed E-state index contributed by atoms with van der Waals surface area (Å²) in [7, 11) is 0. The summed E-state index contributed by atoms with van der Waals surface area (Å²) in [4.78, 5) is 32.4. The topological polar surface area (TPSA) is 91.7 Å². The van der Waals surface area contributed by atoms with Crippen molar-refractivity contribution in [1.82, 2.24) is 34.7 Å². The van der Waals surface area contributed by atoms with Gasteiger partial charge >= 0.3 is 0 Å². The normalized spacial score (nSPS) is 16.6. The maximum absolute atomic E-state index is 12.4. The molecule has 0 spiro atoms. The number of benzene rings is 1. The molecule has 4 aromatic rings. The number of likely N-dealkylation sites (N-methyl/N-ethyl adjacent to an activating group) is 1. The minimum atomic E-state index is -0.0868. The number of likely N-dealkylation sites (tertiary alicyclic amines) is 1. The number of pyridine rings is 1. The zero-order valence-electron chi connectivity index (χ0n) is 21.6. The number of fused-ring (bicyclic) bond motifs is 2. The number of hydrogen-bond acceptors (Lipinski definition) is 5. The first-order valence-corrected chi connectivity index (χ1v) is 13.0. The minimum absolute atomic E-state index is 0.0868. The first-order chi connectivity index (χ1) is 17.4. The fraction of sp³-hybridized carbons (Fsp3) is 0.429. The maximum atomic E-state index is 12.4. The van der Waals surface area contributed by atoms with Crippen LogP contribution in [0.25, 0.3) is 28.3 Å². The molecule has 1 aliphatic rings. The lowest BCUT2D eigenvalue weighted by Gasteiger charge is -2.22. The van der Waals surface area contributed by atoms with E-state index in [0.717, 1.165) is 70.8 Å². The number of aryl methyl sites for hydroxylation is 3. The van der Waals surface area contributed by atoms with Crippen molar-refractivity contribution in [2.45, 2.75) is 59.5 Å². The minimum Gasteiger partial charge on any atom is -0.351 e. The van der Waals surface area contributed by atoms with Crippen molar-refractivity contribution in [3.8, 4) is 0 Å². The van der Waals surface area contributed by atoms with E-state index in [9.17, 15) is 4.79 Å². The van der Waals surface area contributed by atoms with Crippen molar-refractivity contribution < 1.29 is 4.79 Å². The molecule has 0 radical (unpaired) electrons. The largest absolute Gasteiger partial charge is 0.351 e. The molecule has 4 heterocycles. The standard InChI is InChI=1S/C28H35N7O/c1-5-25-33-27-18(3)14-19(4)30-28(27)35(25)17-20-9-10-22-23(15-20)32-24(31-22)11-12-26(36)29-16-21-8-7-13-34(21)6-2/h9-12,14-15,21H,5-8,13,16-17H2,1-4H3,(H,29,36)(H,31,32)/b12-11+. The Morgan fingerprint density at radius 1 is 1.19 bits per heavy atom. The van der Waals surface area contributed by atoms with Crippen LogP contribution in [0.5, 0.6) is 0 Å². The summed E-state index contributed by atoms with van der Waals surface area (Å²) in [5, 5.41) is 3.04. The summed E-state index contributed by atoms with van der Waals surface area (Å²) in [6.45, 7) is 12.0. The molecule has 0 aliphatic carbocycles. The Labute approximate surface area is 211 Å². The van der Waals surface area contributed by atoms with Crippen molar-refractivity contribution in [3.05, 3.63) is 58.8 Å². The van der Waals surface area contributed by atoms with Gasteiger partial charge in [0.2, 0.25) is 5.91 Å². The van der Waals surface area contributed by atoms with Gasteiger partial charge in [0, 0.05) is 30.8 Å². The molecule has 8 heteroatoms. The molecular formula is C28H35N7O. The van der Waals surface area contributed by atoms with Gasteiger partial charge in [-0.05, 0) is 75.2 Å². The number of nitrogens with one attached hydrogen (secondary N) is 2. The highest BCUT2D eigenvalue weighted by atomic mass is 16.1. The molecule has 1 aromatic carbocycles. The van der Waals surface area contributed by atoms with Crippen LogP contribution in [0.3, 0.4) is 0 Å². The van der Waals surface area contributed by atoms with Gasteiger partial charge in [-0.15, -0.1) is 0 Å². The maximum Gasteiger partial charge on any atom is 0.244 e. The van der Waals surface area contributed by atoms with Crippen LogP contribution in [0.4, 0.5) is 0 Å². The molecule has 1 fully saturated rings. The number of rotatable bonds is 8. The summed E-state index contributed by atoms with van der Waals surface area (Å²) in [6.07, 6.45) is 6.50. The molecule has 1 unspecified atom stereocenters. The van der Waals surface area contributed by atoms with E-state index in [2.05, 4.69) is 63.7 Å². The van der Waals surface area contributed by atoms with Crippen LogP contribution in [0.1, 0.15) is 55.2 Å². The van der Waals surface area contributed by atoms with Crippen LogP contribution in [0, 0.1) is 13.8 Å². The smallest absolute Gasteiger partial charge is 0.244 e. The van der Waals surface area contributed by atoms with Crippen LogP contribution in [-0.2, 0) is 17.8 Å². The quantitative estimate of drug-likeness (QED) is 0.366. The third kappa shape index (κ3) is 4.91. The van der Waals surface area contributed by atoms with Crippen LogP contribution in [-0.4, -0.2) is 61.0 Å². The molecule has 2 N–H and O–H groups in total. The van der Waals surface area contributed by atoms with Gasteiger partial charge in [0.1, 0.15) is 17.2 Å². The number of imidazole rings is 2. The van der Waals surface area contributed by atoms with Gasteiger partial charge in [-0.25, -0.2) is 15.0 Å². The second kappa shape index (κ2) is 10.2. The first kappa shape index (κ1) is 24.2. The predicted octanol–water partition coefficient (Wildman–Crippen LogP) is 4.15. The van der Waals surface area contributed by atoms with Crippen LogP contribution >= 0.6 is 0 Å². The monoisotopic (exact) mass is 485 g/mol. The van der Waals surface area contributed by atoms with Crippen molar-refractivity contribution in [2.24, 2.45) is 0 Å². The first-order valence-electron chi connectivity index (χ1n) is 13.0. The van der Waals surface area contributed by atoms with Gasteiger partial charge in [-0.2, -0.15) is 0 Å². The highest BCUT2D eigenvalue weighted by Crippen LogP contribution is 2.22. The third-order valence-electron chi connectivity index (χ3n) is 7.13. The molecule has 1 atom stereocenters. The van der Waals surface area contributed by atoms with E-state index in [1.54, 1.807) is 12.2 Å². The lowest BCUT2D eigenvalue weighted by atomic mass is 10.2. The van der Waals surface area contributed by atoms with E-state index < -0.39 is 0 Å². The molecule has 1 saturated heterocycles. The highest BCUT2D eigenvalue weighted by molar-refractivity contribution is 5.91. The Morgan fingerprint density at radius 3 is 2.86 bits per heavy atom. The second-order valence-corrected chi connectivity index (χ2v) is 9.70. The molecule has 188 valence electrons. The fourth-order valence-corrected chi connectivity index (χ4v) is 5.30. The van der Waals surface area contributed by atoms with E-state index in [0.29, 0.717) is 25.0 Å². The third-order valence-corrected chi connectivity index (χ3v) is 7.13. The predicted molar refractivity (Wildman–Crippen MR) is 144 cm³/mol. The molecule has 5 rings (SSSR count). The van der Waals surface area contributed by atoms with Crippen LogP contribution in [0.15, 0.2) is 30.3 Å². The van der Waals surface area contributed by atoms with Crippen molar-refractivity contribution in [3.63, 3.8) is 0 Å². The Hall–Kier alpha value is -3.52. The number of nitrogens with zero attached hydrogens (tertiary/aromatic N) is 5. The van der Waals surface area contributed by atoms with E-state index in [4.69, 9.17) is 9.97 Å². The number of hydrogen-bond donors (Lipinski definition) is 2. The average molecular weight is 486 g/mol. The lowest BCUT2D eigenvalue weighted by Crippen LogP contribution is -2.39. The summed E-state index contributed by atoms with van der Waals surface area (Å²) in [6, 6.07) is 8.76. The number of carbonyl (C=O) groups is 1. The van der Waals surface area contributed by atoms with Crippen molar-refractivity contribution in [2.75, 3.05) is 19.6 Å². The molecule has 8 nitrogen and oxygen atoms in total. The summed E-state index contributed by atoms with van der Waals surface area (Å²) in [5.74, 6) is 1.62. The van der Waals surface area contributed by atoms with Crippen molar-refractivity contribution >= 4 is 34.2 Å². The number of carbonyl (C=O) groups excluding carboxylic acids is 1. The lowest BCUT2D eigenvalue weighted by molar-refractivity contribution is -0.116. The summed E-state index contributed by atoms with van der Waals surface area (Å²) < 4.78 is 2.21. The van der Waals surface area contributed by atoms with Crippen molar-refractivity contribution in [1.29, 1.82) is 0 Å². The summed E-state index contributed by atoms with van der Waals surface area (Å²) in [5.41, 5.74) is 7.02. The number of aromatic nitrogens is 5. The highest BCUT2D eigenvalue weighted by Gasteiger charge is 2.22. The number of aromatic amines is 1.